The van der Waals surface area contributed by atoms with E-state index in [1.165, 1.54) is 5.56 Å². The van der Waals surface area contributed by atoms with Gasteiger partial charge in [0, 0.05) is 17.5 Å². The van der Waals surface area contributed by atoms with E-state index in [1.54, 1.807) is 11.8 Å². The highest BCUT2D eigenvalue weighted by Crippen LogP contribution is 2.20. The molecule has 0 heterocycles. The maximum Gasteiger partial charge on any atom is 0.0861 e. The molecule has 2 unspecified atom stereocenters. The molecule has 3 nitrogen and oxygen atoms in total. The van der Waals surface area contributed by atoms with Crippen molar-refractivity contribution in [2.24, 2.45) is 5.73 Å². The quantitative estimate of drug-likeness (QED) is 0.707. The molecule has 4 heteroatoms. The third kappa shape index (κ3) is 4.98. The third-order valence-corrected chi connectivity index (χ3v) is 4.06. The zero-order valence-corrected chi connectivity index (χ0v) is 11.9. The Bertz CT molecular complexity index is 340. The van der Waals surface area contributed by atoms with Gasteiger partial charge >= 0.3 is 0 Å². The standard InChI is InChI=1S/C14H23NO2S/c1-10(2)11-3-5-12(6-4-11)14(15)9-18-8-13(17)7-16/h3-6,10,13-14,16-17H,7-9,15H2,1-2H3. The first kappa shape index (κ1) is 15.5. The minimum Gasteiger partial charge on any atom is -0.394 e. The summed E-state index contributed by atoms with van der Waals surface area (Å²) in [5.74, 6) is 1.80. The Kier molecular flexibility index (Phi) is 6.71. The van der Waals surface area contributed by atoms with Gasteiger partial charge in [0.05, 0.1) is 12.7 Å². The average Bonchev–Trinajstić information content (AvgIpc) is 2.38. The van der Waals surface area contributed by atoms with Crippen molar-refractivity contribution in [1.82, 2.24) is 0 Å². The molecule has 0 aliphatic rings. The largest absolute Gasteiger partial charge is 0.394 e. The Hall–Kier alpha value is -0.550. The van der Waals surface area contributed by atoms with Gasteiger partial charge in [-0.1, -0.05) is 38.1 Å². The van der Waals surface area contributed by atoms with Crippen LogP contribution in [0.5, 0.6) is 0 Å². The SMILES string of the molecule is CC(C)c1ccc(C(N)CSCC(O)CO)cc1. The van der Waals surface area contributed by atoms with Crippen molar-refractivity contribution in [3.05, 3.63) is 35.4 Å². The van der Waals surface area contributed by atoms with Crippen LogP contribution in [0, 0.1) is 0 Å². The molecular weight excluding hydrogens is 246 g/mol. The fourth-order valence-corrected chi connectivity index (χ4v) is 2.57. The second kappa shape index (κ2) is 7.79. The highest BCUT2D eigenvalue weighted by molar-refractivity contribution is 7.99. The van der Waals surface area contributed by atoms with Crippen LogP contribution in [-0.2, 0) is 0 Å². The number of hydrogen-bond donors (Lipinski definition) is 3. The lowest BCUT2D eigenvalue weighted by atomic mass is 10.00. The molecule has 0 bridgehead atoms. The molecular formula is C14H23NO2S. The lowest BCUT2D eigenvalue weighted by Gasteiger charge is -2.14. The second-order valence-electron chi connectivity index (χ2n) is 4.80. The fraction of sp³-hybridized carbons (Fsp3) is 0.571. The molecule has 18 heavy (non-hydrogen) atoms. The summed E-state index contributed by atoms with van der Waals surface area (Å²) in [6.45, 7) is 4.15. The van der Waals surface area contributed by atoms with E-state index in [2.05, 4.69) is 38.1 Å². The lowest BCUT2D eigenvalue weighted by Crippen LogP contribution is -2.18. The molecule has 0 saturated carbocycles. The van der Waals surface area contributed by atoms with Crippen LogP contribution in [0.1, 0.15) is 36.9 Å². The van der Waals surface area contributed by atoms with Gasteiger partial charge in [-0.05, 0) is 17.0 Å². The van der Waals surface area contributed by atoms with Gasteiger partial charge < -0.3 is 15.9 Å². The average molecular weight is 269 g/mol. The van der Waals surface area contributed by atoms with Crippen LogP contribution >= 0.6 is 11.8 Å². The van der Waals surface area contributed by atoms with E-state index >= 15 is 0 Å². The van der Waals surface area contributed by atoms with Gasteiger partial charge in [0.15, 0.2) is 0 Å². The number of benzene rings is 1. The summed E-state index contributed by atoms with van der Waals surface area (Å²) < 4.78 is 0. The Morgan fingerprint density at radius 2 is 1.67 bits per heavy atom. The maximum absolute atomic E-state index is 9.23. The van der Waals surface area contributed by atoms with E-state index in [9.17, 15) is 5.11 Å². The molecule has 4 N–H and O–H groups in total. The first-order valence-electron chi connectivity index (χ1n) is 6.26. The summed E-state index contributed by atoms with van der Waals surface area (Å²) >= 11 is 1.56. The molecule has 0 fully saturated rings. The molecule has 0 aromatic heterocycles. The second-order valence-corrected chi connectivity index (χ2v) is 5.88. The van der Waals surface area contributed by atoms with E-state index in [0.29, 0.717) is 11.7 Å². The van der Waals surface area contributed by atoms with Crippen LogP contribution in [0.4, 0.5) is 0 Å². The van der Waals surface area contributed by atoms with Crippen molar-refractivity contribution < 1.29 is 10.2 Å². The van der Waals surface area contributed by atoms with Gasteiger partial charge in [-0.3, -0.25) is 0 Å². The zero-order chi connectivity index (χ0) is 13.5. The van der Waals surface area contributed by atoms with E-state index in [-0.39, 0.29) is 12.6 Å². The predicted octanol–water partition coefficient (Wildman–Crippen LogP) is 1.90. The minimum absolute atomic E-state index is 0.0258. The molecule has 0 spiro atoms. The van der Waals surface area contributed by atoms with Crippen molar-refractivity contribution in [3.8, 4) is 0 Å². The third-order valence-electron chi connectivity index (χ3n) is 2.85. The molecule has 102 valence electrons. The molecule has 0 radical (unpaired) electrons. The summed E-state index contributed by atoms with van der Waals surface area (Å²) in [7, 11) is 0. The lowest BCUT2D eigenvalue weighted by molar-refractivity contribution is 0.113. The monoisotopic (exact) mass is 269 g/mol. The van der Waals surface area contributed by atoms with Crippen LogP contribution < -0.4 is 5.73 Å². The summed E-state index contributed by atoms with van der Waals surface area (Å²) in [6, 6.07) is 8.36. The van der Waals surface area contributed by atoms with E-state index < -0.39 is 6.10 Å². The first-order valence-corrected chi connectivity index (χ1v) is 7.42. The van der Waals surface area contributed by atoms with Gasteiger partial charge in [0.1, 0.15) is 0 Å². The van der Waals surface area contributed by atoms with Crippen LogP contribution in [0.2, 0.25) is 0 Å². The Morgan fingerprint density at radius 3 is 2.17 bits per heavy atom. The number of nitrogens with two attached hydrogens (primary N) is 1. The number of hydrogen-bond acceptors (Lipinski definition) is 4. The molecule has 0 saturated heterocycles. The van der Waals surface area contributed by atoms with E-state index in [0.717, 1.165) is 11.3 Å². The van der Waals surface area contributed by atoms with Crippen molar-refractivity contribution in [2.45, 2.75) is 31.9 Å². The number of aliphatic hydroxyl groups excluding tert-OH is 2. The van der Waals surface area contributed by atoms with Crippen LogP contribution in [0.15, 0.2) is 24.3 Å². The molecule has 1 aromatic rings. The fourth-order valence-electron chi connectivity index (χ4n) is 1.61. The van der Waals surface area contributed by atoms with Crippen molar-refractivity contribution in [2.75, 3.05) is 18.1 Å². The highest BCUT2D eigenvalue weighted by atomic mass is 32.2. The summed E-state index contributed by atoms with van der Waals surface area (Å²) in [5.41, 5.74) is 8.51. The summed E-state index contributed by atoms with van der Waals surface area (Å²) in [4.78, 5) is 0. The summed E-state index contributed by atoms with van der Waals surface area (Å²) in [6.07, 6.45) is -0.648. The normalized spacial score (nSPS) is 14.8. The summed E-state index contributed by atoms with van der Waals surface area (Å²) in [5, 5.41) is 17.9. The van der Waals surface area contributed by atoms with Gasteiger partial charge in [-0.2, -0.15) is 11.8 Å². The molecule has 2 atom stereocenters. The number of rotatable bonds is 7. The smallest absolute Gasteiger partial charge is 0.0861 e. The predicted molar refractivity (Wildman–Crippen MR) is 77.9 cm³/mol. The van der Waals surface area contributed by atoms with Crippen LogP contribution in [0.25, 0.3) is 0 Å². The van der Waals surface area contributed by atoms with E-state index in [4.69, 9.17) is 10.8 Å². The molecule has 1 aromatic carbocycles. The number of aliphatic hydroxyl groups is 2. The zero-order valence-electron chi connectivity index (χ0n) is 11.0. The molecule has 0 amide bonds. The minimum atomic E-state index is -0.648. The Balaban J connectivity index is 2.44. The van der Waals surface area contributed by atoms with Gasteiger partial charge in [-0.25, -0.2) is 0 Å². The molecule has 1 rings (SSSR count). The van der Waals surface area contributed by atoms with Crippen molar-refractivity contribution >= 4 is 11.8 Å². The van der Waals surface area contributed by atoms with Gasteiger partial charge in [0.25, 0.3) is 0 Å². The van der Waals surface area contributed by atoms with Crippen molar-refractivity contribution in [1.29, 1.82) is 0 Å². The Morgan fingerprint density at radius 1 is 1.11 bits per heavy atom. The molecule has 0 aliphatic carbocycles. The van der Waals surface area contributed by atoms with Crippen LogP contribution in [0.3, 0.4) is 0 Å². The molecule has 0 aliphatic heterocycles. The van der Waals surface area contributed by atoms with E-state index in [1.807, 2.05) is 0 Å². The van der Waals surface area contributed by atoms with Gasteiger partial charge in [-0.15, -0.1) is 0 Å². The van der Waals surface area contributed by atoms with Gasteiger partial charge in [0.2, 0.25) is 0 Å². The van der Waals surface area contributed by atoms with Crippen LogP contribution in [-0.4, -0.2) is 34.4 Å². The maximum atomic E-state index is 9.23. The first-order chi connectivity index (χ1) is 8.54. The highest BCUT2D eigenvalue weighted by Gasteiger charge is 2.09. The topological polar surface area (TPSA) is 66.5 Å². The Labute approximate surface area is 113 Å². The van der Waals surface area contributed by atoms with Crippen molar-refractivity contribution in [3.63, 3.8) is 0 Å². The number of thioether (sulfide) groups is 1.